The highest BCUT2D eigenvalue weighted by atomic mass is 16.3. The van der Waals surface area contributed by atoms with Gasteiger partial charge in [0, 0.05) is 13.1 Å². The van der Waals surface area contributed by atoms with Gasteiger partial charge in [-0.1, -0.05) is 18.2 Å². The van der Waals surface area contributed by atoms with Crippen LogP contribution in [0, 0.1) is 6.92 Å². The summed E-state index contributed by atoms with van der Waals surface area (Å²) in [5.74, 6) is -0.127. The van der Waals surface area contributed by atoms with Crippen LogP contribution in [0.3, 0.4) is 0 Å². The van der Waals surface area contributed by atoms with Gasteiger partial charge in [-0.15, -0.1) is 0 Å². The summed E-state index contributed by atoms with van der Waals surface area (Å²) in [6, 6.07) is 12.9. The topological polar surface area (TPSA) is 52.6 Å². The van der Waals surface area contributed by atoms with Crippen LogP contribution in [0.1, 0.15) is 22.3 Å². The molecule has 0 saturated carbocycles. The molecule has 0 unspecified atom stereocenters. The van der Waals surface area contributed by atoms with Crippen LogP contribution in [0.25, 0.3) is 0 Å². The minimum Gasteiger partial charge on any atom is -0.507 e. The lowest BCUT2D eigenvalue weighted by molar-refractivity contribution is 0.0984. The molecule has 1 amide bonds. The van der Waals surface area contributed by atoms with E-state index in [2.05, 4.69) is 5.32 Å². The van der Waals surface area contributed by atoms with Gasteiger partial charge in [0.1, 0.15) is 5.75 Å². The van der Waals surface area contributed by atoms with Crippen molar-refractivity contribution in [3.05, 3.63) is 53.6 Å². The van der Waals surface area contributed by atoms with Crippen LogP contribution in [0.4, 0.5) is 11.4 Å². The van der Waals surface area contributed by atoms with Crippen LogP contribution in [0.5, 0.6) is 5.75 Å². The zero-order valence-corrected chi connectivity index (χ0v) is 12.0. The van der Waals surface area contributed by atoms with Gasteiger partial charge in [-0.3, -0.25) is 4.79 Å². The first-order valence-corrected chi connectivity index (χ1v) is 7.11. The maximum absolute atomic E-state index is 12.8. The molecule has 0 bridgehead atoms. The van der Waals surface area contributed by atoms with E-state index in [0.717, 1.165) is 29.9 Å². The van der Waals surface area contributed by atoms with Crippen LogP contribution in [-0.2, 0) is 0 Å². The monoisotopic (exact) mass is 282 g/mol. The number of phenols is 1. The fourth-order valence-corrected chi connectivity index (χ4v) is 2.62. The van der Waals surface area contributed by atoms with Crippen LogP contribution in [0.2, 0.25) is 0 Å². The van der Waals surface area contributed by atoms with Crippen LogP contribution in [-0.4, -0.2) is 24.1 Å². The summed E-state index contributed by atoms with van der Waals surface area (Å²) in [7, 11) is 0. The number of anilines is 2. The van der Waals surface area contributed by atoms with Gasteiger partial charge in [0.25, 0.3) is 5.91 Å². The lowest BCUT2D eigenvalue weighted by atomic mass is 10.1. The van der Waals surface area contributed by atoms with E-state index in [1.165, 1.54) is 0 Å². The Morgan fingerprint density at radius 3 is 2.86 bits per heavy atom. The van der Waals surface area contributed by atoms with E-state index < -0.39 is 0 Å². The Kier molecular flexibility index (Phi) is 3.52. The van der Waals surface area contributed by atoms with Crippen LogP contribution >= 0.6 is 0 Å². The Morgan fingerprint density at radius 2 is 2.05 bits per heavy atom. The molecule has 108 valence electrons. The van der Waals surface area contributed by atoms with Gasteiger partial charge in [0.15, 0.2) is 0 Å². The molecule has 0 fully saturated rings. The molecule has 2 N–H and O–H groups in total. The predicted molar refractivity (Wildman–Crippen MR) is 84.1 cm³/mol. The normalized spacial score (nSPS) is 14.0. The van der Waals surface area contributed by atoms with Crippen molar-refractivity contribution in [2.45, 2.75) is 13.3 Å². The van der Waals surface area contributed by atoms with Crippen molar-refractivity contribution >= 4 is 17.3 Å². The van der Waals surface area contributed by atoms with E-state index >= 15 is 0 Å². The number of hydrogen-bond donors (Lipinski definition) is 2. The second kappa shape index (κ2) is 5.48. The van der Waals surface area contributed by atoms with E-state index in [1.807, 2.05) is 37.3 Å². The van der Waals surface area contributed by atoms with E-state index in [0.29, 0.717) is 12.1 Å². The molecule has 1 aliphatic heterocycles. The second-order valence-corrected chi connectivity index (χ2v) is 5.27. The first kappa shape index (κ1) is 13.5. The molecular formula is C17H18N2O2. The van der Waals surface area contributed by atoms with E-state index in [-0.39, 0.29) is 11.7 Å². The predicted octanol–water partition coefficient (Wildman–Crippen LogP) is 3.16. The molecule has 0 radical (unpaired) electrons. The van der Waals surface area contributed by atoms with Crippen molar-refractivity contribution in [3.8, 4) is 5.75 Å². The largest absolute Gasteiger partial charge is 0.507 e. The van der Waals surface area contributed by atoms with E-state index in [9.17, 15) is 9.90 Å². The van der Waals surface area contributed by atoms with Gasteiger partial charge < -0.3 is 15.3 Å². The van der Waals surface area contributed by atoms with Gasteiger partial charge in [-0.2, -0.15) is 0 Å². The maximum Gasteiger partial charge on any atom is 0.262 e. The first-order chi connectivity index (χ1) is 10.2. The Bertz CT molecular complexity index is 682. The van der Waals surface area contributed by atoms with Crippen LogP contribution < -0.4 is 10.2 Å². The summed E-state index contributed by atoms with van der Waals surface area (Å²) in [4.78, 5) is 14.5. The highest BCUT2D eigenvalue weighted by Crippen LogP contribution is 2.31. The van der Waals surface area contributed by atoms with Crippen molar-refractivity contribution in [1.29, 1.82) is 0 Å². The molecular weight excluding hydrogens is 264 g/mol. The van der Waals surface area contributed by atoms with Crippen molar-refractivity contribution < 1.29 is 9.90 Å². The highest BCUT2D eigenvalue weighted by molar-refractivity contribution is 6.09. The van der Waals surface area contributed by atoms with E-state index in [4.69, 9.17) is 0 Å². The summed E-state index contributed by atoms with van der Waals surface area (Å²) >= 11 is 0. The molecule has 0 atom stereocenters. The number of fused-ring (bicyclic) bond motifs is 1. The molecule has 21 heavy (non-hydrogen) atoms. The third kappa shape index (κ3) is 2.57. The zero-order valence-electron chi connectivity index (χ0n) is 12.0. The number of carbonyl (C=O) groups is 1. The molecule has 0 aromatic heterocycles. The third-order valence-corrected chi connectivity index (χ3v) is 3.70. The Morgan fingerprint density at radius 1 is 1.24 bits per heavy atom. The summed E-state index contributed by atoms with van der Waals surface area (Å²) in [6.45, 7) is 3.36. The van der Waals surface area contributed by atoms with Crippen molar-refractivity contribution in [2.75, 3.05) is 23.3 Å². The summed E-state index contributed by atoms with van der Waals surface area (Å²) in [5.41, 5.74) is 3.09. The van der Waals surface area contributed by atoms with Crippen molar-refractivity contribution in [1.82, 2.24) is 0 Å². The molecule has 3 rings (SSSR count). The number of aromatic hydroxyl groups is 1. The SMILES string of the molecule is Cc1ccc(C(=O)N2CCCNc3ccccc32)c(O)c1. The van der Waals surface area contributed by atoms with Gasteiger partial charge in [0.05, 0.1) is 16.9 Å². The quantitative estimate of drug-likeness (QED) is 0.844. The first-order valence-electron chi connectivity index (χ1n) is 7.11. The molecule has 0 saturated heterocycles. The molecule has 1 heterocycles. The Labute approximate surface area is 124 Å². The lowest BCUT2D eigenvalue weighted by Gasteiger charge is -2.23. The molecule has 4 heteroatoms. The third-order valence-electron chi connectivity index (χ3n) is 3.70. The Hall–Kier alpha value is -2.49. The number of rotatable bonds is 1. The van der Waals surface area contributed by atoms with E-state index in [1.54, 1.807) is 17.0 Å². The fraction of sp³-hybridized carbons (Fsp3) is 0.235. The maximum atomic E-state index is 12.8. The number of amides is 1. The Balaban J connectivity index is 2.01. The van der Waals surface area contributed by atoms with Gasteiger partial charge >= 0.3 is 0 Å². The standard InChI is InChI=1S/C17H18N2O2/c1-12-7-8-13(16(20)11-12)17(21)19-10-4-9-18-14-5-2-3-6-15(14)19/h2-3,5-8,11,18,20H,4,9-10H2,1H3. The lowest BCUT2D eigenvalue weighted by Crippen LogP contribution is -2.31. The number of aryl methyl sites for hydroxylation is 1. The van der Waals surface area contributed by atoms with Gasteiger partial charge in [-0.05, 0) is 43.2 Å². The van der Waals surface area contributed by atoms with Crippen molar-refractivity contribution in [2.24, 2.45) is 0 Å². The smallest absolute Gasteiger partial charge is 0.262 e. The molecule has 0 aliphatic carbocycles. The second-order valence-electron chi connectivity index (χ2n) is 5.27. The fourth-order valence-electron chi connectivity index (χ4n) is 2.62. The number of benzene rings is 2. The molecule has 1 aliphatic rings. The van der Waals surface area contributed by atoms with Crippen LogP contribution in [0.15, 0.2) is 42.5 Å². The summed E-state index contributed by atoms with van der Waals surface area (Å²) in [6.07, 6.45) is 0.868. The van der Waals surface area contributed by atoms with Gasteiger partial charge in [-0.25, -0.2) is 0 Å². The summed E-state index contributed by atoms with van der Waals surface area (Å²) in [5, 5.41) is 13.4. The molecule has 4 nitrogen and oxygen atoms in total. The molecule has 2 aromatic rings. The minimum absolute atomic E-state index is 0.0367. The number of hydrogen-bond acceptors (Lipinski definition) is 3. The van der Waals surface area contributed by atoms with Crippen molar-refractivity contribution in [3.63, 3.8) is 0 Å². The number of nitrogens with zero attached hydrogens (tertiary/aromatic N) is 1. The van der Waals surface area contributed by atoms with Gasteiger partial charge in [0.2, 0.25) is 0 Å². The average molecular weight is 282 g/mol. The zero-order chi connectivity index (χ0) is 14.8. The average Bonchev–Trinajstić information content (AvgIpc) is 2.69. The minimum atomic E-state index is -0.163. The number of nitrogens with one attached hydrogen (secondary N) is 1. The molecule has 0 spiro atoms. The number of para-hydroxylation sites is 2. The summed E-state index contributed by atoms with van der Waals surface area (Å²) < 4.78 is 0. The highest BCUT2D eigenvalue weighted by Gasteiger charge is 2.23. The number of carbonyl (C=O) groups excluding carboxylic acids is 1. The molecule has 2 aromatic carbocycles. The number of phenolic OH excluding ortho intramolecular Hbond substituents is 1.